The van der Waals surface area contributed by atoms with E-state index in [4.69, 9.17) is 4.55 Å². The van der Waals surface area contributed by atoms with Crippen molar-refractivity contribution in [3.05, 3.63) is 11.0 Å². The van der Waals surface area contributed by atoms with Gasteiger partial charge >= 0.3 is 0 Å². The number of rotatable bonds is 9. The molecule has 0 aliphatic carbocycles. The maximum absolute atomic E-state index is 11.1. The summed E-state index contributed by atoms with van der Waals surface area (Å²) in [6.45, 7) is 4.17. The fraction of sp³-hybridized carbons (Fsp3) is 0.833. The molecule has 0 rings (SSSR count). The highest BCUT2D eigenvalue weighted by molar-refractivity contribution is 7.89. The lowest BCUT2D eigenvalue weighted by Crippen LogP contribution is -2.02. The molecule has 3 nitrogen and oxygen atoms in total. The zero-order valence-electron chi connectivity index (χ0n) is 10.4. The summed E-state index contributed by atoms with van der Waals surface area (Å²) in [6, 6.07) is 0. The number of hydrogen-bond donors (Lipinski definition) is 1. The number of allylic oxidation sites excluding steroid dienone is 2. The van der Waals surface area contributed by atoms with E-state index in [1.54, 1.807) is 6.08 Å². The van der Waals surface area contributed by atoms with Crippen LogP contribution in [-0.4, -0.2) is 13.0 Å². The lowest BCUT2D eigenvalue weighted by Gasteiger charge is -2.03. The van der Waals surface area contributed by atoms with Gasteiger partial charge in [-0.3, -0.25) is 4.55 Å². The van der Waals surface area contributed by atoms with Crippen LogP contribution < -0.4 is 0 Å². The first-order chi connectivity index (χ1) is 7.52. The predicted molar refractivity (Wildman–Crippen MR) is 67.9 cm³/mol. The first-order valence-corrected chi connectivity index (χ1v) is 7.62. The van der Waals surface area contributed by atoms with Crippen LogP contribution in [0.5, 0.6) is 0 Å². The minimum Gasteiger partial charge on any atom is -0.282 e. The summed E-state index contributed by atoms with van der Waals surface area (Å²) >= 11 is 0. The average molecular weight is 248 g/mol. The smallest absolute Gasteiger partial charge is 0.282 e. The second-order valence-electron chi connectivity index (χ2n) is 4.10. The van der Waals surface area contributed by atoms with Crippen LogP contribution in [-0.2, 0) is 10.1 Å². The summed E-state index contributed by atoms with van der Waals surface area (Å²) in [7, 11) is -3.97. The van der Waals surface area contributed by atoms with E-state index in [-0.39, 0.29) is 4.91 Å². The number of hydrogen-bond acceptors (Lipinski definition) is 2. The van der Waals surface area contributed by atoms with Crippen LogP contribution in [0.4, 0.5) is 0 Å². The van der Waals surface area contributed by atoms with Crippen molar-refractivity contribution in [1.29, 1.82) is 0 Å². The van der Waals surface area contributed by atoms with E-state index in [0.717, 1.165) is 44.9 Å². The molecule has 0 fully saturated rings. The molecule has 0 heterocycles. The highest BCUT2D eigenvalue weighted by Gasteiger charge is 2.12. The van der Waals surface area contributed by atoms with Gasteiger partial charge in [-0.1, -0.05) is 45.6 Å². The highest BCUT2D eigenvalue weighted by atomic mass is 32.2. The molecule has 0 spiro atoms. The topological polar surface area (TPSA) is 54.4 Å². The molecule has 0 bridgehead atoms. The van der Waals surface area contributed by atoms with Gasteiger partial charge in [-0.25, -0.2) is 0 Å². The van der Waals surface area contributed by atoms with E-state index in [2.05, 4.69) is 13.8 Å². The zero-order chi connectivity index (χ0) is 12.4. The van der Waals surface area contributed by atoms with Crippen molar-refractivity contribution in [3.8, 4) is 0 Å². The molecule has 0 saturated heterocycles. The van der Waals surface area contributed by atoms with Gasteiger partial charge in [-0.15, -0.1) is 0 Å². The molecule has 16 heavy (non-hydrogen) atoms. The molecule has 0 saturated carbocycles. The summed E-state index contributed by atoms with van der Waals surface area (Å²) < 4.78 is 31.2. The Morgan fingerprint density at radius 3 is 2.12 bits per heavy atom. The lowest BCUT2D eigenvalue weighted by molar-refractivity contribution is 0.487. The summed E-state index contributed by atoms with van der Waals surface area (Å²) in [6.07, 6.45) is 8.99. The molecule has 0 aromatic carbocycles. The largest absolute Gasteiger partial charge is 0.290 e. The Balaban J connectivity index is 4.21. The normalized spacial score (nSPS) is 13.1. The van der Waals surface area contributed by atoms with E-state index >= 15 is 0 Å². The molecular formula is C12H24O3S. The highest BCUT2D eigenvalue weighted by Crippen LogP contribution is 2.16. The molecular weight excluding hydrogens is 224 g/mol. The van der Waals surface area contributed by atoms with E-state index in [9.17, 15) is 8.42 Å². The fourth-order valence-electron chi connectivity index (χ4n) is 1.54. The monoisotopic (exact) mass is 248 g/mol. The Hall–Kier alpha value is -0.350. The molecule has 0 atom stereocenters. The van der Waals surface area contributed by atoms with Crippen molar-refractivity contribution < 1.29 is 13.0 Å². The first-order valence-electron chi connectivity index (χ1n) is 6.18. The Morgan fingerprint density at radius 2 is 1.62 bits per heavy atom. The minimum absolute atomic E-state index is 0.206. The van der Waals surface area contributed by atoms with Crippen LogP contribution >= 0.6 is 0 Å². The molecule has 0 amide bonds. The summed E-state index contributed by atoms with van der Waals surface area (Å²) in [4.78, 5) is 0.206. The Labute approximate surface area is 99.7 Å². The Kier molecular flexibility index (Phi) is 8.57. The Morgan fingerprint density at radius 1 is 1.06 bits per heavy atom. The van der Waals surface area contributed by atoms with Crippen molar-refractivity contribution in [3.63, 3.8) is 0 Å². The molecule has 0 unspecified atom stereocenters. The molecule has 0 radical (unpaired) electrons. The van der Waals surface area contributed by atoms with Crippen molar-refractivity contribution >= 4 is 10.1 Å². The van der Waals surface area contributed by atoms with Crippen LogP contribution in [0.2, 0.25) is 0 Å². The van der Waals surface area contributed by atoms with E-state index < -0.39 is 10.1 Å². The van der Waals surface area contributed by atoms with Gasteiger partial charge in [0.2, 0.25) is 0 Å². The van der Waals surface area contributed by atoms with Gasteiger partial charge in [-0.2, -0.15) is 8.42 Å². The first kappa shape index (κ1) is 15.7. The van der Waals surface area contributed by atoms with Crippen LogP contribution in [0.3, 0.4) is 0 Å². The molecule has 0 aromatic rings. The van der Waals surface area contributed by atoms with E-state index in [1.165, 1.54) is 0 Å². The minimum atomic E-state index is -3.97. The second kappa shape index (κ2) is 8.76. The Bertz CT molecular complexity index is 291. The van der Waals surface area contributed by atoms with Crippen molar-refractivity contribution in [2.24, 2.45) is 0 Å². The van der Waals surface area contributed by atoms with Gasteiger partial charge in [-0.05, 0) is 25.7 Å². The standard InChI is InChI=1S/C12H24O3S/c1-3-5-7-9-11-12(16(13,14)15)10-8-6-4-2/h11H,3-10H2,1-2H3,(H,13,14,15)/b12-11-. The maximum atomic E-state index is 11.1. The summed E-state index contributed by atoms with van der Waals surface area (Å²) in [5.41, 5.74) is 0. The zero-order valence-corrected chi connectivity index (χ0v) is 11.2. The van der Waals surface area contributed by atoms with Crippen LogP contribution in [0.1, 0.15) is 65.2 Å². The van der Waals surface area contributed by atoms with Gasteiger partial charge in [0.15, 0.2) is 0 Å². The van der Waals surface area contributed by atoms with Gasteiger partial charge in [0.25, 0.3) is 10.1 Å². The van der Waals surface area contributed by atoms with Gasteiger partial charge in [0.1, 0.15) is 0 Å². The molecule has 96 valence electrons. The van der Waals surface area contributed by atoms with Crippen molar-refractivity contribution in [1.82, 2.24) is 0 Å². The van der Waals surface area contributed by atoms with Gasteiger partial charge in [0, 0.05) is 0 Å². The SMILES string of the molecule is CCCCC/C=C(/CCCCC)S(=O)(=O)O. The van der Waals surface area contributed by atoms with Crippen molar-refractivity contribution in [2.45, 2.75) is 65.2 Å². The van der Waals surface area contributed by atoms with E-state index in [1.807, 2.05) is 0 Å². The third kappa shape index (κ3) is 7.88. The van der Waals surface area contributed by atoms with Crippen LogP contribution in [0, 0.1) is 0 Å². The fourth-order valence-corrected chi connectivity index (χ4v) is 2.27. The predicted octanol–water partition coefficient (Wildman–Crippen LogP) is 3.92. The summed E-state index contributed by atoms with van der Waals surface area (Å²) in [5.74, 6) is 0. The maximum Gasteiger partial charge on any atom is 0.290 e. The average Bonchev–Trinajstić information content (AvgIpc) is 2.20. The van der Waals surface area contributed by atoms with Crippen molar-refractivity contribution in [2.75, 3.05) is 0 Å². The van der Waals surface area contributed by atoms with E-state index in [0.29, 0.717) is 6.42 Å². The van der Waals surface area contributed by atoms with Crippen LogP contribution in [0.15, 0.2) is 11.0 Å². The summed E-state index contributed by atoms with van der Waals surface area (Å²) in [5, 5.41) is 0. The second-order valence-corrected chi connectivity index (χ2v) is 5.57. The van der Waals surface area contributed by atoms with Gasteiger partial charge in [0.05, 0.1) is 4.91 Å². The molecule has 0 aliphatic heterocycles. The molecule has 4 heteroatoms. The molecule has 0 aliphatic rings. The molecule has 1 N–H and O–H groups in total. The van der Waals surface area contributed by atoms with Gasteiger partial charge < -0.3 is 0 Å². The third-order valence-corrected chi connectivity index (χ3v) is 3.57. The third-order valence-electron chi connectivity index (χ3n) is 2.54. The number of unbranched alkanes of at least 4 members (excludes halogenated alkanes) is 5. The van der Waals surface area contributed by atoms with Crippen LogP contribution in [0.25, 0.3) is 0 Å². The quantitative estimate of drug-likeness (QED) is 0.497. The molecule has 0 aromatic heterocycles. The lowest BCUT2D eigenvalue weighted by atomic mass is 10.1.